The molecule has 0 amide bonds. The number of rotatable bonds is 3. The van der Waals surface area contributed by atoms with Gasteiger partial charge in [0, 0.05) is 11.8 Å². The number of nitrogens with one attached hydrogen (secondary N) is 1. The van der Waals surface area contributed by atoms with Crippen molar-refractivity contribution in [3.63, 3.8) is 0 Å². The van der Waals surface area contributed by atoms with Crippen molar-refractivity contribution in [2.24, 2.45) is 23.2 Å². The Labute approximate surface area is 123 Å². The van der Waals surface area contributed by atoms with E-state index in [1.54, 1.807) is 0 Å². The molecule has 1 heterocycles. The summed E-state index contributed by atoms with van der Waals surface area (Å²) in [5.41, 5.74) is 0.533. The van der Waals surface area contributed by atoms with Gasteiger partial charge in [-0.1, -0.05) is 33.1 Å². The molecular formula is C17H31NS. The highest BCUT2D eigenvalue weighted by molar-refractivity contribution is 8.00. The van der Waals surface area contributed by atoms with Crippen molar-refractivity contribution in [1.29, 1.82) is 0 Å². The third-order valence-corrected chi connectivity index (χ3v) is 7.46. The maximum atomic E-state index is 3.77. The van der Waals surface area contributed by atoms with Gasteiger partial charge in [0.15, 0.2) is 0 Å². The molecule has 0 radical (unpaired) electrons. The minimum atomic E-state index is 0.533. The van der Waals surface area contributed by atoms with Crippen molar-refractivity contribution < 1.29 is 0 Å². The number of fused-ring (bicyclic) bond motifs is 1. The minimum Gasteiger partial charge on any atom is -0.302 e. The summed E-state index contributed by atoms with van der Waals surface area (Å²) in [4.78, 5) is 0. The lowest BCUT2D eigenvalue weighted by molar-refractivity contribution is 0.107. The van der Waals surface area contributed by atoms with E-state index in [2.05, 4.69) is 37.8 Å². The molecule has 1 N–H and O–H groups in total. The van der Waals surface area contributed by atoms with E-state index in [1.807, 2.05) is 0 Å². The largest absolute Gasteiger partial charge is 0.302 e. The third-order valence-electron chi connectivity index (χ3n) is 6.07. The van der Waals surface area contributed by atoms with Crippen LogP contribution in [-0.2, 0) is 0 Å². The maximum Gasteiger partial charge on any atom is 0.0540 e. The van der Waals surface area contributed by atoms with Crippen LogP contribution in [0.5, 0.6) is 0 Å². The lowest BCUT2D eigenvalue weighted by Gasteiger charge is -2.40. The quantitative estimate of drug-likeness (QED) is 0.807. The van der Waals surface area contributed by atoms with Crippen molar-refractivity contribution in [2.75, 3.05) is 5.75 Å². The van der Waals surface area contributed by atoms with Crippen LogP contribution in [0, 0.1) is 23.2 Å². The topological polar surface area (TPSA) is 12.0 Å². The van der Waals surface area contributed by atoms with Gasteiger partial charge in [0.1, 0.15) is 0 Å². The molecule has 0 aromatic heterocycles. The third kappa shape index (κ3) is 3.00. The van der Waals surface area contributed by atoms with E-state index in [0.29, 0.717) is 10.8 Å². The zero-order chi connectivity index (χ0) is 13.5. The molecule has 1 saturated heterocycles. The summed E-state index contributed by atoms with van der Waals surface area (Å²) in [6.45, 7) is 7.44. The van der Waals surface area contributed by atoms with Gasteiger partial charge in [-0.25, -0.2) is 0 Å². The summed E-state index contributed by atoms with van der Waals surface area (Å²) in [5.74, 6) is 4.45. The van der Waals surface area contributed by atoms with Crippen molar-refractivity contribution in [1.82, 2.24) is 5.32 Å². The summed E-state index contributed by atoms with van der Waals surface area (Å²) in [6, 6.07) is 0.719. The zero-order valence-corrected chi connectivity index (χ0v) is 13.8. The van der Waals surface area contributed by atoms with Crippen molar-refractivity contribution in [2.45, 2.75) is 77.1 Å². The zero-order valence-electron chi connectivity index (χ0n) is 13.0. The van der Waals surface area contributed by atoms with Gasteiger partial charge in [-0.15, -0.1) is 11.8 Å². The molecule has 0 aromatic rings. The van der Waals surface area contributed by atoms with Crippen LogP contribution in [0.1, 0.15) is 65.7 Å². The Kier molecular flexibility index (Phi) is 4.20. The Morgan fingerprint density at radius 1 is 1.11 bits per heavy atom. The fraction of sp³-hybridized carbons (Fsp3) is 1.00. The summed E-state index contributed by atoms with van der Waals surface area (Å²) in [5, 5.41) is 4.48. The smallest absolute Gasteiger partial charge is 0.0540 e. The number of thioether (sulfide) groups is 1. The van der Waals surface area contributed by atoms with E-state index < -0.39 is 0 Å². The molecular weight excluding hydrogens is 250 g/mol. The summed E-state index contributed by atoms with van der Waals surface area (Å²) in [6.07, 6.45) is 10.5. The molecule has 0 spiro atoms. The van der Waals surface area contributed by atoms with Gasteiger partial charge < -0.3 is 5.32 Å². The predicted molar refractivity (Wildman–Crippen MR) is 85.4 cm³/mol. The lowest BCUT2D eigenvalue weighted by Crippen LogP contribution is -2.37. The second-order valence-corrected chi connectivity index (χ2v) is 9.21. The van der Waals surface area contributed by atoms with Crippen LogP contribution in [0.25, 0.3) is 0 Å². The van der Waals surface area contributed by atoms with Gasteiger partial charge in [0.25, 0.3) is 0 Å². The van der Waals surface area contributed by atoms with Crippen LogP contribution in [0.15, 0.2) is 0 Å². The van der Waals surface area contributed by atoms with Crippen molar-refractivity contribution in [3.05, 3.63) is 0 Å². The maximum absolute atomic E-state index is 3.77. The Hall–Kier alpha value is 0.310. The van der Waals surface area contributed by atoms with Gasteiger partial charge >= 0.3 is 0 Å². The molecule has 1 aliphatic heterocycles. The highest BCUT2D eigenvalue weighted by Gasteiger charge is 2.45. The molecule has 0 bridgehead atoms. The Morgan fingerprint density at radius 3 is 2.63 bits per heavy atom. The molecule has 110 valence electrons. The second-order valence-electron chi connectivity index (χ2n) is 7.97. The van der Waals surface area contributed by atoms with Crippen molar-refractivity contribution in [3.8, 4) is 0 Å². The molecule has 1 nitrogen and oxygen atoms in total. The average molecular weight is 282 g/mol. The molecule has 3 rings (SSSR count). The normalized spacial score (nSPS) is 43.4. The van der Waals surface area contributed by atoms with Gasteiger partial charge in [0.05, 0.1) is 5.37 Å². The molecule has 2 aliphatic carbocycles. The van der Waals surface area contributed by atoms with E-state index in [-0.39, 0.29) is 0 Å². The standard InChI is InChI=1S/C17H31NS/c1-12-11-19-16(18-12)10-17(2,3)15-9-8-13-6-4-5-7-14(13)15/h12-16,18H,4-11H2,1-3H3. The van der Waals surface area contributed by atoms with Crippen LogP contribution in [0.4, 0.5) is 0 Å². The first kappa shape index (κ1) is 14.3. The fourth-order valence-corrected chi connectivity index (χ4v) is 6.62. The van der Waals surface area contributed by atoms with Crippen LogP contribution < -0.4 is 5.32 Å². The Bertz CT molecular complexity index is 314. The average Bonchev–Trinajstić information content (AvgIpc) is 2.95. The highest BCUT2D eigenvalue weighted by atomic mass is 32.2. The molecule has 2 heteroatoms. The lowest BCUT2D eigenvalue weighted by atomic mass is 9.67. The first-order chi connectivity index (χ1) is 9.06. The summed E-state index contributed by atoms with van der Waals surface area (Å²) in [7, 11) is 0. The summed E-state index contributed by atoms with van der Waals surface area (Å²) < 4.78 is 0. The number of hydrogen-bond donors (Lipinski definition) is 1. The van der Waals surface area contributed by atoms with E-state index in [1.165, 1.54) is 50.7 Å². The molecule has 5 unspecified atom stereocenters. The second kappa shape index (κ2) is 5.60. The fourth-order valence-electron chi connectivity index (χ4n) is 5.12. The number of hydrogen-bond acceptors (Lipinski definition) is 2. The molecule has 2 saturated carbocycles. The van der Waals surface area contributed by atoms with E-state index in [4.69, 9.17) is 0 Å². The summed E-state index contributed by atoms with van der Waals surface area (Å²) >= 11 is 2.15. The molecule has 5 atom stereocenters. The van der Waals surface area contributed by atoms with Crippen LogP contribution in [0.3, 0.4) is 0 Å². The van der Waals surface area contributed by atoms with E-state index >= 15 is 0 Å². The molecule has 3 fully saturated rings. The Balaban J connectivity index is 1.63. The Morgan fingerprint density at radius 2 is 1.89 bits per heavy atom. The molecule has 3 aliphatic rings. The molecule has 0 aromatic carbocycles. The highest BCUT2D eigenvalue weighted by Crippen LogP contribution is 2.54. The van der Waals surface area contributed by atoms with Gasteiger partial charge in [-0.2, -0.15) is 0 Å². The van der Waals surface area contributed by atoms with Gasteiger partial charge in [-0.05, 0) is 55.8 Å². The van der Waals surface area contributed by atoms with E-state index in [9.17, 15) is 0 Å². The monoisotopic (exact) mass is 281 g/mol. The SMILES string of the molecule is CC1CSC(CC(C)(C)C2CCC3CCCCC32)N1. The van der Waals surface area contributed by atoms with E-state index in [0.717, 1.165) is 23.8 Å². The first-order valence-corrected chi connectivity index (χ1v) is 9.49. The molecule has 19 heavy (non-hydrogen) atoms. The van der Waals surface area contributed by atoms with Crippen molar-refractivity contribution >= 4 is 11.8 Å². The van der Waals surface area contributed by atoms with Crippen LogP contribution >= 0.6 is 11.8 Å². The predicted octanol–water partition coefficient (Wildman–Crippen LogP) is 4.67. The minimum absolute atomic E-state index is 0.533. The van der Waals surface area contributed by atoms with Gasteiger partial charge in [-0.3, -0.25) is 0 Å². The van der Waals surface area contributed by atoms with Crippen LogP contribution in [-0.4, -0.2) is 17.2 Å². The van der Waals surface area contributed by atoms with Gasteiger partial charge in [0.2, 0.25) is 0 Å². The van der Waals surface area contributed by atoms with Crippen LogP contribution in [0.2, 0.25) is 0 Å². The first-order valence-electron chi connectivity index (χ1n) is 8.44.